The van der Waals surface area contributed by atoms with Gasteiger partial charge < -0.3 is 14.8 Å². The lowest BCUT2D eigenvalue weighted by Crippen LogP contribution is -2.41. The quantitative estimate of drug-likeness (QED) is 0.494. The van der Waals surface area contributed by atoms with E-state index in [0.29, 0.717) is 42.6 Å². The van der Waals surface area contributed by atoms with Crippen LogP contribution in [0, 0.1) is 5.92 Å². The fourth-order valence-electron chi connectivity index (χ4n) is 5.75. The number of allylic oxidation sites excluding steroid dienone is 2. The van der Waals surface area contributed by atoms with Crippen molar-refractivity contribution in [2.75, 3.05) is 24.5 Å². The second-order valence-corrected chi connectivity index (χ2v) is 10.5. The number of hydrogen-bond donors (Lipinski definition) is 1. The van der Waals surface area contributed by atoms with Crippen molar-refractivity contribution >= 4 is 29.5 Å². The van der Waals surface area contributed by atoms with Crippen molar-refractivity contribution in [2.45, 2.75) is 64.7 Å². The number of benzene rings is 1. The Kier molecular flexibility index (Phi) is 6.83. The van der Waals surface area contributed by atoms with Crippen LogP contribution in [0.25, 0.3) is 11.2 Å². The second kappa shape index (κ2) is 9.90. The zero-order valence-corrected chi connectivity index (χ0v) is 21.8. The fourth-order valence-corrected chi connectivity index (χ4v) is 5.75. The number of nitrogens with one attached hydrogen (secondary N) is 1. The minimum absolute atomic E-state index is 0. The molecular formula is C27H35ClN6O2. The van der Waals surface area contributed by atoms with Gasteiger partial charge in [0.25, 0.3) is 5.56 Å². The molecule has 36 heavy (non-hydrogen) atoms. The third kappa shape index (κ3) is 4.30. The summed E-state index contributed by atoms with van der Waals surface area (Å²) in [4.78, 5) is 35.0. The normalized spacial score (nSPS) is 21.0. The maximum Gasteiger partial charge on any atom is 0.333 e. The molecule has 0 amide bonds. The van der Waals surface area contributed by atoms with Gasteiger partial charge in [-0.1, -0.05) is 42.0 Å². The summed E-state index contributed by atoms with van der Waals surface area (Å²) in [5, 5.41) is 3.52. The summed E-state index contributed by atoms with van der Waals surface area (Å²) >= 11 is 0. The molecule has 8 nitrogen and oxygen atoms in total. The Balaban J connectivity index is 0.00000267. The predicted octanol–water partition coefficient (Wildman–Crippen LogP) is 3.12. The molecule has 1 saturated carbocycles. The highest BCUT2D eigenvalue weighted by Crippen LogP contribution is 2.37. The number of anilines is 1. The predicted molar refractivity (Wildman–Crippen MR) is 145 cm³/mol. The molecule has 3 aliphatic rings. The number of hydrogen-bond acceptors (Lipinski definition) is 5. The lowest BCUT2D eigenvalue weighted by atomic mass is 10.1. The molecule has 3 aromatic rings. The number of imidazole rings is 1. The van der Waals surface area contributed by atoms with Gasteiger partial charge in [-0.3, -0.25) is 13.9 Å². The highest BCUT2D eigenvalue weighted by atomic mass is 35.5. The van der Waals surface area contributed by atoms with E-state index in [4.69, 9.17) is 4.98 Å². The van der Waals surface area contributed by atoms with Crippen molar-refractivity contribution in [3.63, 3.8) is 0 Å². The molecule has 1 N–H and O–H groups in total. The van der Waals surface area contributed by atoms with Crippen molar-refractivity contribution in [3.05, 3.63) is 68.4 Å². The first kappa shape index (κ1) is 24.8. The molecule has 2 saturated heterocycles. The summed E-state index contributed by atoms with van der Waals surface area (Å²) in [6.45, 7) is 8.00. The first-order valence-corrected chi connectivity index (χ1v) is 12.9. The van der Waals surface area contributed by atoms with Gasteiger partial charge in [0, 0.05) is 44.8 Å². The van der Waals surface area contributed by atoms with Gasteiger partial charge in [-0.2, -0.15) is 4.98 Å². The molecule has 2 aromatic heterocycles. The molecule has 4 heterocycles. The Bertz CT molecular complexity index is 1400. The number of aromatic nitrogens is 4. The maximum atomic E-state index is 13.9. The highest BCUT2D eigenvalue weighted by molar-refractivity contribution is 5.85. The van der Waals surface area contributed by atoms with Gasteiger partial charge in [0.1, 0.15) is 0 Å². The van der Waals surface area contributed by atoms with E-state index in [-0.39, 0.29) is 29.7 Å². The Hall–Kier alpha value is -2.84. The smallest absolute Gasteiger partial charge is 0.333 e. The first-order valence-electron chi connectivity index (χ1n) is 12.9. The molecule has 6 rings (SSSR count). The lowest BCUT2D eigenvalue weighted by molar-refractivity contribution is 0.571. The molecule has 2 aliphatic heterocycles. The van der Waals surface area contributed by atoms with Gasteiger partial charge in [-0.25, -0.2) is 4.79 Å². The van der Waals surface area contributed by atoms with Gasteiger partial charge >= 0.3 is 5.69 Å². The van der Waals surface area contributed by atoms with Crippen molar-refractivity contribution in [1.82, 2.24) is 24.0 Å². The largest absolute Gasteiger partial charge is 0.338 e. The third-order valence-electron chi connectivity index (χ3n) is 7.81. The van der Waals surface area contributed by atoms with Crippen LogP contribution < -0.4 is 21.5 Å². The number of fused-ring (bicyclic) bond motifs is 2. The molecular weight excluding hydrogens is 476 g/mol. The number of halogens is 1. The zero-order chi connectivity index (χ0) is 24.1. The standard InChI is InChI=1S/C27H34N6O2.ClH/c1-18(2)10-13-31-23-24(29-26(31)30-15-12-20-16-28-17-22(20)30)33(21-8-9-21)27(35)32(25(23)34)14-11-19-6-4-3-5-7-19;/h3-7,10,20-22,28H,8-9,11-17H2,1-2H3;1H. The molecule has 0 radical (unpaired) electrons. The molecule has 1 aliphatic carbocycles. The Morgan fingerprint density at radius 2 is 1.86 bits per heavy atom. The van der Waals surface area contributed by atoms with Crippen LogP contribution in [0.15, 0.2) is 51.6 Å². The van der Waals surface area contributed by atoms with E-state index in [0.717, 1.165) is 50.4 Å². The molecule has 2 unspecified atom stereocenters. The van der Waals surface area contributed by atoms with E-state index in [2.05, 4.69) is 34.7 Å². The van der Waals surface area contributed by atoms with E-state index in [1.807, 2.05) is 34.9 Å². The van der Waals surface area contributed by atoms with Crippen molar-refractivity contribution in [3.8, 4) is 0 Å². The number of nitrogens with zero attached hydrogens (tertiary/aromatic N) is 5. The molecule has 3 fully saturated rings. The molecule has 1 aromatic carbocycles. The van der Waals surface area contributed by atoms with Gasteiger partial charge in [-0.15, -0.1) is 12.4 Å². The average molecular weight is 511 g/mol. The van der Waals surface area contributed by atoms with Crippen molar-refractivity contribution in [1.29, 1.82) is 0 Å². The first-order chi connectivity index (χ1) is 17.0. The third-order valence-corrected chi connectivity index (χ3v) is 7.81. The SMILES string of the molecule is CC(C)=CCn1c(N2CCC3CNCC32)nc2c1c(=O)n(CCc1ccccc1)c(=O)n2C1CC1.Cl. The van der Waals surface area contributed by atoms with Crippen LogP contribution in [0.1, 0.15) is 44.7 Å². The fraction of sp³-hybridized carbons (Fsp3) is 0.519. The average Bonchev–Trinajstić information content (AvgIpc) is 3.25. The molecule has 2 atom stereocenters. The maximum absolute atomic E-state index is 13.9. The van der Waals surface area contributed by atoms with E-state index in [1.165, 1.54) is 10.1 Å². The zero-order valence-electron chi connectivity index (χ0n) is 21.0. The molecule has 0 bridgehead atoms. The number of aryl methyl sites for hydroxylation is 1. The summed E-state index contributed by atoms with van der Waals surface area (Å²) in [6.07, 6.45) is 5.83. The van der Waals surface area contributed by atoms with Gasteiger partial charge in [0.05, 0.1) is 0 Å². The van der Waals surface area contributed by atoms with Gasteiger partial charge in [0.15, 0.2) is 11.2 Å². The Morgan fingerprint density at radius 1 is 1.08 bits per heavy atom. The van der Waals surface area contributed by atoms with Crippen LogP contribution in [0.4, 0.5) is 5.95 Å². The van der Waals surface area contributed by atoms with Crippen molar-refractivity contribution < 1.29 is 0 Å². The highest BCUT2D eigenvalue weighted by Gasteiger charge is 2.40. The lowest BCUT2D eigenvalue weighted by Gasteiger charge is -2.25. The summed E-state index contributed by atoms with van der Waals surface area (Å²) in [6, 6.07) is 10.6. The van der Waals surface area contributed by atoms with Crippen molar-refractivity contribution in [2.24, 2.45) is 5.92 Å². The van der Waals surface area contributed by atoms with Crippen LogP contribution in [-0.2, 0) is 19.5 Å². The van der Waals surface area contributed by atoms with Crippen LogP contribution in [0.2, 0.25) is 0 Å². The monoisotopic (exact) mass is 510 g/mol. The molecule has 9 heteroatoms. The molecule has 0 spiro atoms. The summed E-state index contributed by atoms with van der Waals surface area (Å²) in [5.41, 5.74) is 2.99. The van der Waals surface area contributed by atoms with Crippen LogP contribution in [0.3, 0.4) is 0 Å². The summed E-state index contributed by atoms with van der Waals surface area (Å²) in [5.74, 6) is 1.44. The van der Waals surface area contributed by atoms with E-state index in [1.54, 1.807) is 0 Å². The Labute approximate surface area is 217 Å². The summed E-state index contributed by atoms with van der Waals surface area (Å²) in [7, 11) is 0. The topological polar surface area (TPSA) is 77.1 Å². The summed E-state index contributed by atoms with van der Waals surface area (Å²) < 4.78 is 5.33. The van der Waals surface area contributed by atoms with Gasteiger partial charge in [-0.05, 0) is 51.0 Å². The van der Waals surface area contributed by atoms with E-state index < -0.39 is 0 Å². The van der Waals surface area contributed by atoms with Crippen LogP contribution in [-0.4, -0.2) is 44.4 Å². The molecule has 192 valence electrons. The minimum atomic E-state index is -0.223. The van der Waals surface area contributed by atoms with Crippen LogP contribution in [0.5, 0.6) is 0 Å². The number of rotatable bonds is 7. The second-order valence-electron chi connectivity index (χ2n) is 10.5. The van der Waals surface area contributed by atoms with Gasteiger partial charge in [0.2, 0.25) is 5.95 Å². The minimum Gasteiger partial charge on any atom is -0.338 e. The van der Waals surface area contributed by atoms with Crippen LogP contribution >= 0.6 is 12.4 Å². The Morgan fingerprint density at radius 3 is 2.58 bits per heavy atom. The van der Waals surface area contributed by atoms with E-state index in [9.17, 15) is 9.59 Å². The van der Waals surface area contributed by atoms with E-state index >= 15 is 0 Å².